The number of rotatable bonds is 7. The molecule has 0 radical (unpaired) electrons. The molecule has 0 aromatic heterocycles. The van der Waals surface area contributed by atoms with E-state index in [9.17, 15) is 4.79 Å². The predicted molar refractivity (Wildman–Crippen MR) is 85.6 cm³/mol. The molecule has 0 fully saturated rings. The first-order valence-corrected chi connectivity index (χ1v) is 6.84. The van der Waals surface area contributed by atoms with Crippen molar-refractivity contribution < 1.29 is 14.3 Å². The molecule has 1 aromatic rings. The van der Waals surface area contributed by atoms with Gasteiger partial charge in [0.15, 0.2) is 0 Å². The van der Waals surface area contributed by atoms with Crippen LogP contribution in [0.3, 0.4) is 0 Å². The summed E-state index contributed by atoms with van der Waals surface area (Å²) in [5.41, 5.74) is 1.81. The summed E-state index contributed by atoms with van der Waals surface area (Å²) in [6, 6.07) is 5.49. The fourth-order valence-corrected chi connectivity index (χ4v) is 1.87. The molecule has 0 atom stereocenters. The first kappa shape index (κ1) is 16.8. The number of nitrogens with zero attached hydrogens (tertiary/aromatic N) is 1. The molecule has 0 saturated heterocycles. The molecule has 0 N–H and O–H groups in total. The summed E-state index contributed by atoms with van der Waals surface area (Å²) in [7, 11) is 3.19. The Hall–Kier alpha value is -2.23. The molecule has 0 unspecified atom stereocenters. The van der Waals surface area contributed by atoms with Crippen LogP contribution in [-0.2, 0) is 4.79 Å². The maximum Gasteiger partial charge on any atom is 0.246 e. The zero-order chi connectivity index (χ0) is 15.8. The maximum absolute atomic E-state index is 12.1. The van der Waals surface area contributed by atoms with Crippen LogP contribution >= 0.6 is 0 Å². The van der Waals surface area contributed by atoms with Crippen LogP contribution in [-0.4, -0.2) is 38.1 Å². The van der Waals surface area contributed by atoms with Crippen LogP contribution in [0.4, 0.5) is 0 Å². The number of carbonyl (C=O) groups excluding carboxylic acids is 1. The average molecular weight is 289 g/mol. The van der Waals surface area contributed by atoms with E-state index < -0.39 is 0 Å². The van der Waals surface area contributed by atoms with Crippen molar-refractivity contribution in [2.24, 2.45) is 0 Å². The van der Waals surface area contributed by atoms with Crippen molar-refractivity contribution in [1.29, 1.82) is 0 Å². The van der Waals surface area contributed by atoms with Crippen LogP contribution in [0.2, 0.25) is 0 Å². The molecule has 0 aliphatic carbocycles. The molecule has 0 aliphatic rings. The first-order chi connectivity index (χ1) is 9.99. The molecule has 21 heavy (non-hydrogen) atoms. The number of carbonyl (C=O) groups is 1. The fourth-order valence-electron chi connectivity index (χ4n) is 1.87. The SMILES string of the molecule is C=C(C)CN(CC)C(=O)/C=C/c1cc(OC)cc(OC)c1. The van der Waals surface area contributed by atoms with Gasteiger partial charge in [0.2, 0.25) is 5.91 Å². The summed E-state index contributed by atoms with van der Waals surface area (Å²) in [5, 5.41) is 0. The van der Waals surface area contributed by atoms with E-state index in [0.717, 1.165) is 11.1 Å². The molecule has 0 bridgehead atoms. The lowest BCUT2D eigenvalue weighted by Crippen LogP contribution is -2.30. The van der Waals surface area contributed by atoms with Crippen molar-refractivity contribution in [1.82, 2.24) is 4.90 Å². The van der Waals surface area contributed by atoms with E-state index in [1.165, 1.54) is 0 Å². The van der Waals surface area contributed by atoms with Gasteiger partial charge in [-0.3, -0.25) is 4.79 Å². The number of benzene rings is 1. The molecule has 0 heterocycles. The Morgan fingerprint density at radius 2 is 1.81 bits per heavy atom. The highest BCUT2D eigenvalue weighted by molar-refractivity contribution is 5.92. The third-order valence-electron chi connectivity index (χ3n) is 2.95. The van der Waals surface area contributed by atoms with Crippen molar-refractivity contribution in [3.63, 3.8) is 0 Å². The second kappa shape index (κ2) is 8.15. The van der Waals surface area contributed by atoms with Gasteiger partial charge in [-0.25, -0.2) is 0 Å². The molecular formula is C17H23NO3. The summed E-state index contributed by atoms with van der Waals surface area (Å²) >= 11 is 0. The number of likely N-dealkylation sites (N-methyl/N-ethyl adjacent to an activating group) is 1. The fraction of sp³-hybridized carbons (Fsp3) is 0.353. The summed E-state index contributed by atoms with van der Waals surface area (Å²) in [5.74, 6) is 1.34. The van der Waals surface area contributed by atoms with Gasteiger partial charge in [0.25, 0.3) is 0 Å². The van der Waals surface area contributed by atoms with Crippen LogP contribution in [0.25, 0.3) is 6.08 Å². The minimum atomic E-state index is -0.0395. The average Bonchev–Trinajstić information content (AvgIpc) is 2.49. The van der Waals surface area contributed by atoms with Crippen LogP contribution in [0.5, 0.6) is 11.5 Å². The molecule has 1 aromatic carbocycles. The van der Waals surface area contributed by atoms with E-state index in [4.69, 9.17) is 9.47 Å². The Labute approximate surface area is 126 Å². The number of hydrogen-bond acceptors (Lipinski definition) is 3. The lowest BCUT2D eigenvalue weighted by molar-refractivity contribution is -0.125. The monoisotopic (exact) mass is 289 g/mol. The van der Waals surface area contributed by atoms with Gasteiger partial charge >= 0.3 is 0 Å². The van der Waals surface area contributed by atoms with E-state index in [0.29, 0.717) is 24.6 Å². The van der Waals surface area contributed by atoms with E-state index >= 15 is 0 Å². The van der Waals surface area contributed by atoms with Crippen LogP contribution in [0, 0.1) is 0 Å². The topological polar surface area (TPSA) is 38.8 Å². The Bertz CT molecular complexity index is 513. The molecule has 4 nitrogen and oxygen atoms in total. The quantitative estimate of drug-likeness (QED) is 0.572. The minimum absolute atomic E-state index is 0.0395. The van der Waals surface area contributed by atoms with Crippen molar-refractivity contribution in [3.05, 3.63) is 42.0 Å². The molecule has 4 heteroatoms. The van der Waals surface area contributed by atoms with Gasteiger partial charge in [-0.15, -0.1) is 0 Å². The third kappa shape index (κ3) is 5.34. The molecule has 0 aliphatic heterocycles. The number of ether oxygens (including phenoxy) is 2. The third-order valence-corrected chi connectivity index (χ3v) is 2.95. The highest BCUT2D eigenvalue weighted by Crippen LogP contribution is 2.23. The van der Waals surface area contributed by atoms with E-state index in [-0.39, 0.29) is 5.91 Å². The molecular weight excluding hydrogens is 266 g/mol. The van der Waals surface area contributed by atoms with Gasteiger partial charge in [-0.2, -0.15) is 0 Å². The van der Waals surface area contributed by atoms with E-state index in [1.807, 2.05) is 26.0 Å². The standard InChI is InChI=1S/C17H23NO3/c1-6-18(12-13(2)3)17(19)8-7-14-9-15(20-4)11-16(10-14)21-5/h7-11H,2,6,12H2,1,3-5H3/b8-7+. The van der Waals surface area contributed by atoms with Crippen molar-refractivity contribution in [2.75, 3.05) is 27.3 Å². The molecule has 0 saturated carbocycles. The zero-order valence-corrected chi connectivity index (χ0v) is 13.2. The van der Waals surface area contributed by atoms with Gasteiger partial charge in [-0.05, 0) is 37.6 Å². The number of amides is 1. The van der Waals surface area contributed by atoms with Gasteiger partial charge in [0.1, 0.15) is 11.5 Å². The van der Waals surface area contributed by atoms with Gasteiger partial charge < -0.3 is 14.4 Å². The zero-order valence-electron chi connectivity index (χ0n) is 13.2. The second-order valence-electron chi connectivity index (χ2n) is 4.79. The van der Waals surface area contributed by atoms with E-state index in [1.54, 1.807) is 37.3 Å². The van der Waals surface area contributed by atoms with Gasteiger partial charge in [0, 0.05) is 25.2 Å². The summed E-state index contributed by atoms with van der Waals surface area (Å²) in [6.45, 7) is 8.92. The second-order valence-corrected chi connectivity index (χ2v) is 4.79. The summed E-state index contributed by atoms with van der Waals surface area (Å²) < 4.78 is 10.4. The van der Waals surface area contributed by atoms with Crippen molar-refractivity contribution >= 4 is 12.0 Å². The Kier molecular flexibility index (Phi) is 6.53. The van der Waals surface area contributed by atoms with Crippen LogP contribution < -0.4 is 9.47 Å². The summed E-state index contributed by atoms with van der Waals surface area (Å²) in [6.07, 6.45) is 3.31. The maximum atomic E-state index is 12.1. The van der Waals surface area contributed by atoms with Crippen LogP contribution in [0.15, 0.2) is 36.4 Å². The molecule has 0 spiro atoms. The highest BCUT2D eigenvalue weighted by Gasteiger charge is 2.08. The van der Waals surface area contributed by atoms with E-state index in [2.05, 4.69) is 6.58 Å². The molecule has 1 amide bonds. The van der Waals surface area contributed by atoms with Gasteiger partial charge in [-0.1, -0.05) is 12.2 Å². The smallest absolute Gasteiger partial charge is 0.246 e. The summed E-state index contributed by atoms with van der Waals surface area (Å²) in [4.78, 5) is 13.9. The molecule has 1 rings (SSSR count). The normalized spacial score (nSPS) is 10.5. The lowest BCUT2D eigenvalue weighted by atomic mass is 10.2. The number of hydrogen-bond donors (Lipinski definition) is 0. The Morgan fingerprint density at radius 1 is 1.24 bits per heavy atom. The van der Waals surface area contributed by atoms with Gasteiger partial charge in [0.05, 0.1) is 14.2 Å². The minimum Gasteiger partial charge on any atom is -0.497 e. The largest absolute Gasteiger partial charge is 0.497 e. The first-order valence-electron chi connectivity index (χ1n) is 6.84. The van der Waals surface area contributed by atoms with Crippen LogP contribution in [0.1, 0.15) is 19.4 Å². The lowest BCUT2D eigenvalue weighted by Gasteiger charge is -2.18. The molecule has 114 valence electrons. The number of methoxy groups -OCH3 is 2. The highest BCUT2D eigenvalue weighted by atomic mass is 16.5. The predicted octanol–water partition coefficient (Wildman–Crippen LogP) is 3.14. The Balaban J connectivity index is 2.88. The van der Waals surface area contributed by atoms with Crippen molar-refractivity contribution in [2.45, 2.75) is 13.8 Å². The van der Waals surface area contributed by atoms with Crippen molar-refractivity contribution in [3.8, 4) is 11.5 Å². The Morgan fingerprint density at radius 3 is 2.24 bits per heavy atom.